The molecule has 63 heavy (non-hydrogen) atoms. The molecule has 1 aromatic heterocycles. The zero-order valence-electron chi connectivity index (χ0n) is 44.9. The number of anilines is 6. The molecule has 7 aromatic rings. The van der Waals surface area contributed by atoms with Gasteiger partial charge >= 0.3 is 0 Å². The highest BCUT2D eigenvalue weighted by Crippen LogP contribution is 2.53. The second-order valence-electron chi connectivity index (χ2n) is 23.1. The Morgan fingerprint density at radius 2 is 1.14 bits per heavy atom. The monoisotopic (exact) mass is 850 g/mol. The summed E-state index contributed by atoms with van der Waals surface area (Å²) in [6.45, 7) is 32.2. The minimum Gasteiger partial charge on any atom is -0.311 e. The molecular formula is C59H65BN2S. The van der Waals surface area contributed by atoms with Crippen LogP contribution in [-0.4, -0.2) is 6.71 Å². The quantitative estimate of drug-likeness (QED) is 0.163. The minimum atomic E-state index is -0.389. The summed E-state index contributed by atoms with van der Waals surface area (Å²) in [5, 5.41) is 1.27. The highest BCUT2D eigenvalue weighted by molar-refractivity contribution is 7.33. The Kier molecular flexibility index (Phi) is 8.05. The third-order valence-corrected chi connectivity index (χ3v) is 15.7. The van der Waals surface area contributed by atoms with E-state index in [9.17, 15) is 0 Å². The maximum Gasteiger partial charge on any atom is 0.264 e. The molecule has 2 aliphatic heterocycles. The lowest BCUT2D eigenvalue weighted by Gasteiger charge is -2.44. The van der Waals surface area contributed by atoms with E-state index >= 15 is 0 Å². The van der Waals surface area contributed by atoms with Crippen molar-refractivity contribution in [1.29, 1.82) is 0 Å². The molecule has 6 aromatic carbocycles. The van der Waals surface area contributed by atoms with Crippen molar-refractivity contribution in [2.75, 3.05) is 9.80 Å². The predicted octanol–water partition coefficient (Wildman–Crippen LogP) is 15.2. The molecule has 0 spiro atoms. The Morgan fingerprint density at radius 1 is 0.571 bits per heavy atom. The fraction of sp³-hybridized carbons (Fsp3) is 0.356. The van der Waals surface area contributed by atoms with Crippen molar-refractivity contribution in [2.45, 2.75) is 137 Å². The van der Waals surface area contributed by atoms with Gasteiger partial charge in [-0.1, -0.05) is 151 Å². The van der Waals surface area contributed by atoms with Gasteiger partial charge in [0.05, 0.1) is 12.5 Å². The molecule has 2 nitrogen and oxygen atoms in total. The average Bonchev–Trinajstić information content (AvgIpc) is 3.63. The minimum absolute atomic E-state index is 0.00254. The third kappa shape index (κ3) is 6.80. The molecule has 0 N–H and O–H groups in total. The lowest BCUT2D eigenvalue weighted by molar-refractivity contribution is 0.332. The third-order valence-electron chi connectivity index (χ3n) is 14.5. The van der Waals surface area contributed by atoms with Crippen LogP contribution < -0.4 is 25.5 Å². The van der Waals surface area contributed by atoms with Gasteiger partial charge in [-0.05, 0) is 157 Å². The highest BCUT2D eigenvalue weighted by atomic mass is 32.1. The van der Waals surface area contributed by atoms with Crippen molar-refractivity contribution in [2.24, 2.45) is 0 Å². The molecular weight excluding hydrogens is 780 g/mol. The smallest absolute Gasteiger partial charge is 0.264 e. The molecule has 0 saturated carbocycles. The van der Waals surface area contributed by atoms with Crippen LogP contribution in [0.5, 0.6) is 0 Å². The van der Waals surface area contributed by atoms with E-state index in [-0.39, 0.29) is 69.6 Å². The van der Waals surface area contributed by atoms with Crippen molar-refractivity contribution >= 4 is 78.0 Å². The van der Waals surface area contributed by atoms with Crippen LogP contribution in [0.15, 0.2) is 115 Å². The Bertz CT molecular complexity index is 3210. The van der Waals surface area contributed by atoms with Gasteiger partial charge in [0.2, 0.25) is 0 Å². The number of benzene rings is 6. The van der Waals surface area contributed by atoms with E-state index in [1.54, 1.807) is 0 Å². The first kappa shape index (κ1) is 36.3. The van der Waals surface area contributed by atoms with Gasteiger partial charge in [0.25, 0.3) is 6.71 Å². The van der Waals surface area contributed by atoms with Gasteiger partial charge in [0.1, 0.15) is 0 Å². The number of hydrogen-bond acceptors (Lipinski definition) is 3. The summed E-state index contributed by atoms with van der Waals surface area (Å²) >= 11 is 1.91. The number of hydrogen-bond donors (Lipinski definition) is 0. The van der Waals surface area contributed by atoms with E-state index in [1.165, 1.54) is 53.8 Å². The Morgan fingerprint density at radius 3 is 1.73 bits per heavy atom. The second kappa shape index (κ2) is 14.0. The van der Waals surface area contributed by atoms with Gasteiger partial charge in [-0.2, -0.15) is 0 Å². The van der Waals surface area contributed by atoms with Gasteiger partial charge < -0.3 is 9.80 Å². The molecule has 0 saturated heterocycles. The largest absolute Gasteiger partial charge is 0.311 e. The highest BCUT2D eigenvalue weighted by Gasteiger charge is 2.47. The van der Waals surface area contributed by atoms with Crippen LogP contribution >= 0.6 is 11.3 Å². The van der Waals surface area contributed by atoms with Crippen LogP contribution in [0.1, 0.15) is 143 Å². The van der Waals surface area contributed by atoms with E-state index in [0.29, 0.717) is 5.56 Å². The summed E-state index contributed by atoms with van der Waals surface area (Å²) in [5.41, 5.74) is 17.3. The van der Waals surface area contributed by atoms with Gasteiger partial charge in [-0.3, -0.25) is 0 Å². The van der Waals surface area contributed by atoms with Crippen LogP contribution in [0.25, 0.3) is 21.2 Å². The van der Waals surface area contributed by atoms with Crippen LogP contribution in [0.4, 0.5) is 34.1 Å². The Balaban J connectivity index is 1.35. The summed E-state index contributed by atoms with van der Waals surface area (Å²) in [4.78, 5) is 4.98. The summed E-state index contributed by atoms with van der Waals surface area (Å²) < 4.78 is 46.6. The first-order valence-corrected chi connectivity index (χ1v) is 23.7. The van der Waals surface area contributed by atoms with Gasteiger partial charge in [0.15, 0.2) is 0 Å². The van der Waals surface area contributed by atoms with Gasteiger partial charge in [0, 0.05) is 43.3 Å². The molecule has 4 heteroatoms. The zero-order chi connectivity index (χ0) is 49.1. The van der Waals surface area contributed by atoms with E-state index in [4.69, 9.17) is 6.85 Å². The Hall–Kier alpha value is -5.06. The number of thiophene rings is 1. The van der Waals surface area contributed by atoms with Crippen molar-refractivity contribution in [3.63, 3.8) is 0 Å². The van der Waals surface area contributed by atoms with Gasteiger partial charge in [-0.25, -0.2) is 0 Å². The molecule has 320 valence electrons. The van der Waals surface area contributed by atoms with Crippen molar-refractivity contribution in [1.82, 2.24) is 0 Å². The number of aryl methyl sites for hydroxylation is 1. The van der Waals surface area contributed by atoms with Crippen molar-refractivity contribution < 1.29 is 6.85 Å². The molecule has 0 bridgehead atoms. The van der Waals surface area contributed by atoms with Crippen LogP contribution in [0.3, 0.4) is 0 Å². The molecule has 0 atom stereocenters. The average molecular weight is 850 g/mol. The van der Waals surface area contributed by atoms with Crippen LogP contribution in [0.2, 0.25) is 0 Å². The summed E-state index contributed by atoms with van der Waals surface area (Å²) in [7, 11) is 0. The maximum atomic E-state index is 9.13. The molecule has 0 amide bonds. The van der Waals surface area contributed by atoms with E-state index < -0.39 is 0 Å². The molecule has 10 rings (SSSR count). The molecule has 0 radical (unpaired) electrons. The SMILES string of the molecule is [2H]c1c([2H])c([2H])c(-c2ccc3c(c2)N(c2cc(C(C)(C)C)cc(C(C)(C)C)c2)c2cc(C)cc4c2B3c2sc3cc5c(cc3c2N4c2ccc(C(C)(C)C)cc2)C(C)(C)CCC5(C)C)c([2H])c1[2H]. The maximum absolute atomic E-state index is 9.13. The van der Waals surface area contributed by atoms with E-state index in [1.807, 2.05) is 17.4 Å². The first-order chi connectivity index (χ1) is 31.6. The first-order valence-electron chi connectivity index (χ1n) is 25.4. The zero-order valence-corrected chi connectivity index (χ0v) is 40.7. The normalized spacial score (nSPS) is 17.6. The van der Waals surface area contributed by atoms with E-state index in [2.05, 4.69) is 186 Å². The van der Waals surface area contributed by atoms with Crippen LogP contribution in [-0.2, 0) is 27.1 Å². The van der Waals surface area contributed by atoms with Crippen molar-refractivity contribution in [3.8, 4) is 11.1 Å². The lowest BCUT2D eigenvalue weighted by atomic mass is 9.36. The molecule has 0 unspecified atom stereocenters. The Labute approximate surface area is 389 Å². The lowest BCUT2D eigenvalue weighted by Crippen LogP contribution is -2.60. The number of nitrogens with zero attached hydrogens (tertiary/aromatic N) is 2. The topological polar surface area (TPSA) is 6.48 Å². The van der Waals surface area contributed by atoms with Crippen LogP contribution in [0, 0.1) is 6.92 Å². The summed E-state index contributed by atoms with van der Waals surface area (Å²) in [6, 6.07) is 30.9. The fourth-order valence-electron chi connectivity index (χ4n) is 10.5. The number of rotatable bonds is 3. The molecule has 3 aliphatic rings. The molecule has 0 fully saturated rings. The number of fused-ring (bicyclic) bond motifs is 7. The predicted molar refractivity (Wildman–Crippen MR) is 277 cm³/mol. The second-order valence-corrected chi connectivity index (χ2v) is 24.2. The fourth-order valence-corrected chi connectivity index (χ4v) is 11.8. The van der Waals surface area contributed by atoms with E-state index in [0.717, 1.165) is 52.3 Å². The van der Waals surface area contributed by atoms with Gasteiger partial charge in [-0.15, -0.1) is 11.3 Å². The summed E-state index contributed by atoms with van der Waals surface area (Å²) in [6.07, 6.45) is 2.27. The standard InChI is InChI=1S/C59H65BN2S/c1-36-28-49-52-50(29-36)62(42-23-21-39(22-24-42)55(2,3)4)53-44-34-45-46(59(13,14)27-26-58(45,11)12)35-51(44)63-54(53)60(52)47-25-20-38(37-18-16-15-17-19-37)30-48(47)61(49)43-32-40(56(5,6)7)31-41(33-43)57(8,9)10/h15-25,28-35H,26-27H2,1-14H3/i15D,16D,17D,18D,19D. The molecule has 3 heterocycles. The summed E-state index contributed by atoms with van der Waals surface area (Å²) in [5.74, 6) is 0. The molecule has 1 aliphatic carbocycles. The van der Waals surface area contributed by atoms with Crippen molar-refractivity contribution in [3.05, 3.63) is 149 Å².